The number of rotatable bonds is 5. The highest BCUT2D eigenvalue weighted by molar-refractivity contribution is 5.75. The highest BCUT2D eigenvalue weighted by Crippen LogP contribution is 2.08. The van der Waals surface area contributed by atoms with E-state index in [4.69, 9.17) is 4.42 Å². The highest BCUT2D eigenvalue weighted by atomic mass is 16.3. The second kappa shape index (κ2) is 6.45. The van der Waals surface area contributed by atoms with Crippen LogP contribution in [0.4, 0.5) is 0 Å². The highest BCUT2D eigenvalue weighted by Gasteiger charge is 2.11. The van der Waals surface area contributed by atoms with Crippen LogP contribution in [0.25, 0.3) is 0 Å². The van der Waals surface area contributed by atoms with Gasteiger partial charge >= 0.3 is 0 Å². The monoisotopic (exact) mass is 236 g/mol. The molecule has 0 saturated carbocycles. The lowest BCUT2D eigenvalue weighted by molar-refractivity contribution is -0.121. The van der Waals surface area contributed by atoms with Crippen molar-refractivity contribution < 1.29 is 9.21 Å². The molecule has 17 heavy (non-hydrogen) atoms. The van der Waals surface area contributed by atoms with E-state index < -0.39 is 0 Å². The number of piperidine rings is 1. The smallest absolute Gasteiger partial charge is 0.221 e. The van der Waals surface area contributed by atoms with Gasteiger partial charge in [0.25, 0.3) is 0 Å². The maximum absolute atomic E-state index is 11.6. The van der Waals surface area contributed by atoms with Crippen LogP contribution in [0.15, 0.2) is 22.8 Å². The minimum atomic E-state index is 0.104. The summed E-state index contributed by atoms with van der Waals surface area (Å²) in [6.07, 6.45) is 6.08. The van der Waals surface area contributed by atoms with Gasteiger partial charge in [-0.25, -0.2) is 0 Å². The summed E-state index contributed by atoms with van der Waals surface area (Å²) in [6, 6.07) is 3.69. The van der Waals surface area contributed by atoms with Gasteiger partial charge in [0.2, 0.25) is 5.91 Å². The van der Waals surface area contributed by atoms with E-state index in [-0.39, 0.29) is 5.91 Å². The Morgan fingerprint density at radius 2 is 2.18 bits per heavy atom. The van der Waals surface area contributed by atoms with Gasteiger partial charge in [0.15, 0.2) is 0 Å². The van der Waals surface area contributed by atoms with Crippen LogP contribution >= 0.6 is 0 Å². The van der Waals surface area contributed by atoms with Crippen molar-refractivity contribution in [2.24, 2.45) is 0 Å². The molecule has 1 aromatic rings. The van der Waals surface area contributed by atoms with Gasteiger partial charge in [-0.3, -0.25) is 4.79 Å². The first-order valence-corrected chi connectivity index (χ1v) is 6.36. The molecule has 1 amide bonds. The van der Waals surface area contributed by atoms with Gasteiger partial charge in [-0.05, 0) is 38.1 Å². The summed E-state index contributed by atoms with van der Waals surface area (Å²) in [7, 11) is 0. The van der Waals surface area contributed by atoms with Crippen molar-refractivity contribution in [1.82, 2.24) is 10.2 Å². The molecule has 1 N–H and O–H groups in total. The average Bonchev–Trinajstić information content (AvgIpc) is 2.88. The number of hydrogen-bond acceptors (Lipinski definition) is 3. The first-order valence-electron chi connectivity index (χ1n) is 6.36. The summed E-state index contributed by atoms with van der Waals surface area (Å²) in [5, 5.41) is 2.87. The standard InChI is InChI=1S/C13H20N2O2/c16-13(14-11-12-5-4-10-17-12)6-9-15-7-2-1-3-8-15/h4-5,10H,1-3,6-9,11H2,(H,14,16). The van der Waals surface area contributed by atoms with E-state index in [1.54, 1.807) is 6.26 Å². The second-order valence-electron chi connectivity index (χ2n) is 4.51. The van der Waals surface area contributed by atoms with Gasteiger partial charge in [0.1, 0.15) is 5.76 Å². The van der Waals surface area contributed by atoms with Crippen molar-refractivity contribution in [3.05, 3.63) is 24.2 Å². The normalized spacial score (nSPS) is 16.9. The summed E-state index contributed by atoms with van der Waals surface area (Å²) in [5.74, 6) is 0.906. The molecule has 4 nitrogen and oxygen atoms in total. The van der Waals surface area contributed by atoms with Crippen LogP contribution in [-0.2, 0) is 11.3 Å². The van der Waals surface area contributed by atoms with E-state index in [0.717, 1.165) is 25.4 Å². The van der Waals surface area contributed by atoms with E-state index >= 15 is 0 Å². The quantitative estimate of drug-likeness (QED) is 0.847. The van der Waals surface area contributed by atoms with Gasteiger partial charge in [0.05, 0.1) is 12.8 Å². The minimum Gasteiger partial charge on any atom is -0.467 e. The third-order valence-corrected chi connectivity index (χ3v) is 3.14. The van der Waals surface area contributed by atoms with Gasteiger partial charge in [-0.1, -0.05) is 6.42 Å². The van der Waals surface area contributed by atoms with Crippen molar-refractivity contribution in [1.29, 1.82) is 0 Å². The molecule has 1 saturated heterocycles. The van der Waals surface area contributed by atoms with Crippen molar-refractivity contribution >= 4 is 5.91 Å². The zero-order chi connectivity index (χ0) is 11.9. The number of hydrogen-bond donors (Lipinski definition) is 1. The van der Waals surface area contributed by atoms with Crippen molar-refractivity contribution in [3.63, 3.8) is 0 Å². The van der Waals surface area contributed by atoms with Gasteiger partial charge in [0, 0.05) is 13.0 Å². The third-order valence-electron chi connectivity index (χ3n) is 3.14. The van der Waals surface area contributed by atoms with Crippen LogP contribution in [0.3, 0.4) is 0 Å². The zero-order valence-corrected chi connectivity index (χ0v) is 10.2. The number of carbonyl (C=O) groups is 1. The molecule has 0 unspecified atom stereocenters. The molecule has 0 bridgehead atoms. The Labute approximate surface area is 102 Å². The fourth-order valence-electron chi connectivity index (χ4n) is 2.13. The number of amides is 1. The molecule has 4 heteroatoms. The molecule has 0 atom stereocenters. The van der Waals surface area contributed by atoms with E-state index in [0.29, 0.717) is 13.0 Å². The summed E-state index contributed by atoms with van der Waals surface area (Å²) in [6.45, 7) is 3.66. The number of carbonyl (C=O) groups excluding carboxylic acids is 1. The Bertz CT molecular complexity index is 329. The van der Waals surface area contributed by atoms with E-state index in [1.165, 1.54) is 19.3 Å². The van der Waals surface area contributed by atoms with Crippen LogP contribution in [0.5, 0.6) is 0 Å². The molecular weight excluding hydrogens is 216 g/mol. The van der Waals surface area contributed by atoms with Crippen molar-refractivity contribution in [3.8, 4) is 0 Å². The van der Waals surface area contributed by atoms with Crippen LogP contribution in [0, 0.1) is 0 Å². The molecule has 2 rings (SSSR count). The van der Waals surface area contributed by atoms with Gasteiger partial charge in [-0.15, -0.1) is 0 Å². The molecule has 1 fully saturated rings. The Kier molecular flexibility index (Phi) is 4.62. The maximum Gasteiger partial charge on any atom is 0.221 e. The predicted octanol–water partition coefficient (Wildman–Crippen LogP) is 1.77. The minimum absolute atomic E-state index is 0.104. The Balaban J connectivity index is 1.60. The number of nitrogens with one attached hydrogen (secondary N) is 1. The first-order chi connectivity index (χ1) is 8.34. The second-order valence-corrected chi connectivity index (χ2v) is 4.51. The van der Waals surface area contributed by atoms with Crippen LogP contribution in [0.1, 0.15) is 31.4 Å². The average molecular weight is 236 g/mol. The van der Waals surface area contributed by atoms with Crippen LogP contribution in [0.2, 0.25) is 0 Å². The summed E-state index contributed by atoms with van der Waals surface area (Å²) >= 11 is 0. The lowest BCUT2D eigenvalue weighted by Gasteiger charge is -2.25. The molecule has 1 aromatic heterocycles. The predicted molar refractivity (Wildman–Crippen MR) is 65.5 cm³/mol. The molecule has 0 spiro atoms. The fourth-order valence-corrected chi connectivity index (χ4v) is 2.13. The summed E-state index contributed by atoms with van der Waals surface area (Å²) < 4.78 is 5.15. The SMILES string of the molecule is O=C(CCN1CCCCC1)NCc1ccco1. The molecule has 0 aliphatic carbocycles. The molecule has 1 aliphatic rings. The molecule has 0 radical (unpaired) electrons. The first kappa shape index (κ1) is 12.2. The molecular formula is C13H20N2O2. The van der Waals surface area contributed by atoms with Crippen molar-refractivity contribution in [2.75, 3.05) is 19.6 Å². The molecule has 2 heterocycles. The zero-order valence-electron chi connectivity index (χ0n) is 10.2. The Hall–Kier alpha value is -1.29. The number of furan rings is 1. The number of likely N-dealkylation sites (tertiary alicyclic amines) is 1. The van der Waals surface area contributed by atoms with Crippen molar-refractivity contribution in [2.45, 2.75) is 32.2 Å². The maximum atomic E-state index is 11.6. The Morgan fingerprint density at radius 3 is 2.88 bits per heavy atom. The van der Waals surface area contributed by atoms with E-state index in [1.807, 2.05) is 12.1 Å². The van der Waals surface area contributed by atoms with Crippen LogP contribution in [-0.4, -0.2) is 30.4 Å². The van der Waals surface area contributed by atoms with Crippen LogP contribution < -0.4 is 5.32 Å². The summed E-state index contributed by atoms with van der Waals surface area (Å²) in [4.78, 5) is 14.0. The topological polar surface area (TPSA) is 45.5 Å². The number of nitrogens with zero attached hydrogens (tertiary/aromatic N) is 1. The summed E-state index contributed by atoms with van der Waals surface area (Å²) in [5.41, 5.74) is 0. The molecule has 0 aromatic carbocycles. The lowest BCUT2D eigenvalue weighted by atomic mass is 10.1. The van der Waals surface area contributed by atoms with E-state index in [9.17, 15) is 4.79 Å². The largest absolute Gasteiger partial charge is 0.467 e. The van der Waals surface area contributed by atoms with Gasteiger partial charge in [-0.2, -0.15) is 0 Å². The van der Waals surface area contributed by atoms with Gasteiger partial charge < -0.3 is 14.6 Å². The fraction of sp³-hybridized carbons (Fsp3) is 0.615. The molecule has 94 valence electrons. The third kappa shape index (κ3) is 4.23. The Morgan fingerprint density at radius 1 is 1.35 bits per heavy atom. The lowest BCUT2D eigenvalue weighted by Crippen LogP contribution is -2.34. The molecule has 1 aliphatic heterocycles. The van der Waals surface area contributed by atoms with E-state index in [2.05, 4.69) is 10.2 Å².